The van der Waals surface area contributed by atoms with Crippen LogP contribution in [0.15, 0.2) is 17.2 Å². The highest BCUT2D eigenvalue weighted by Gasteiger charge is 2.29. The third-order valence-electron chi connectivity index (χ3n) is 2.74. The molecule has 100 valence electrons. The highest BCUT2D eigenvalue weighted by Crippen LogP contribution is 2.37. The van der Waals surface area contributed by atoms with Crippen molar-refractivity contribution >= 4 is 15.9 Å². The van der Waals surface area contributed by atoms with Crippen molar-refractivity contribution in [3.63, 3.8) is 0 Å². The number of nitrogens with one attached hydrogen (secondary N) is 1. The summed E-state index contributed by atoms with van der Waals surface area (Å²) >= 11 is 0. The molecule has 1 aromatic rings. The first-order valence-electron chi connectivity index (χ1n) is 5.84. The Labute approximate surface area is 106 Å². The molecule has 0 atom stereocenters. The first-order chi connectivity index (χ1) is 8.29. The van der Waals surface area contributed by atoms with Gasteiger partial charge in [0.05, 0.1) is 0 Å². The molecule has 1 heterocycles. The summed E-state index contributed by atoms with van der Waals surface area (Å²) in [4.78, 5) is 12.0. The van der Waals surface area contributed by atoms with Crippen molar-refractivity contribution < 1.29 is 13.2 Å². The van der Waals surface area contributed by atoms with E-state index < -0.39 is 10.0 Å². The number of carbonyl (C=O) groups excluding carboxylic acids is 1. The largest absolute Gasteiger partial charge is 0.349 e. The fourth-order valence-corrected chi connectivity index (χ4v) is 2.32. The summed E-state index contributed by atoms with van der Waals surface area (Å²) in [5.41, 5.74) is 0.357. The van der Waals surface area contributed by atoms with Crippen molar-refractivity contribution in [3.05, 3.63) is 18.0 Å². The van der Waals surface area contributed by atoms with Gasteiger partial charge in [0.2, 0.25) is 10.0 Å². The molecule has 0 saturated heterocycles. The Bertz CT molecular complexity index is 570. The zero-order chi connectivity index (χ0) is 13.5. The molecule has 6 nitrogen and oxygen atoms in total. The van der Waals surface area contributed by atoms with Crippen LogP contribution >= 0.6 is 0 Å². The SMILES string of the molecule is CC(C)NC(=O)c1cc(S(N)(=O)=O)cn1C1CC1. The summed E-state index contributed by atoms with van der Waals surface area (Å²) in [6.07, 6.45) is 3.36. The Balaban J connectivity index is 2.39. The molecule has 1 aromatic heterocycles. The number of aromatic nitrogens is 1. The summed E-state index contributed by atoms with van der Waals surface area (Å²) in [6.45, 7) is 3.70. The molecule has 0 bridgehead atoms. The lowest BCUT2D eigenvalue weighted by Gasteiger charge is -2.10. The molecule has 1 amide bonds. The maximum absolute atomic E-state index is 12.0. The third kappa shape index (κ3) is 2.73. The van der Waals surface area contributed by atoms with Crippen LogP contribution in [0.2, 0.25) is 0 Å². The molecule has 1 aliphatic rings. The van der Waals surface area contributed by atoms with Crippen molar-refractivity contribution in [3.8, 4) is 0 Å². The van der Waals surface area contributed by atoms with Crippen LogP contribution in [-0.4, -0.2) is 24.9 Å². The second-order valence-corrected chi connectivity index (χ2v) is 6.43. The van der Waals surface area contributed by atoms with Gasteiger partial charge in [-0.1, -0.05) is 0 Å². The molecule has 18 heavy (non-hydrogen) atoms. The molecule has 1 aliphatic carbocycles. The van der Waals surface area contributed by atoms with Gasteiger partial charge in [0.1, 0.15) is 10.6 Å². The average Bonchev–Trinajstić information content (AvgIpc) is 2.94. The maximum Gasteiger partial charge on any atom is 0.268 e. The third-order valence-corrected chi connectivity index (χ3v) is 3.63. The van der Waals surface area contributed by atoms with Gasteiger partial charge in [0.15, 0.2) is 0 Å². The molecule has 3 N–H and O–H groups in total. The van der Waals surface area contributed by atoms with E-state index in [0.717, 1.165) is 12.8 Å². The highest BCUT2D eigenvalue weighted by atomic mass is 32.2. The minimum Gasteiger partial charge on any atom is -0.349 e. The Morgan fingerprint density at radius 3 is 2.56 bits per heavy atom. The van der Waals surface area contributed by atoms with Crippen LogP contribution in [0.1, 0.15) is 43.2 Å². The van der Waals surface area contributed by atoms with Crippen molar-refractivity contribution in [2.45, 2.75) is 43.7 Å². The number of sulfonamides is 1. The van der Waals surface area contributed by atoms with Crippen molar-refractivity contribution in [1.82, 2.24) is 9.88 Å². The zero-order valence-electron chi connectivity index (χ0n) is 10.4. The van der Waals surface area contributed by atoms with Gasteiger partial charge in [-0.05, 0) is 32.8 Å². The molecule has 1 fully saturated rings. The second kappa shape index (κ2) is 4.40. The highest BCUT2D eigenvalue weighted by molar-refractivity contribution is 7.89. The smallest absolute Gasteiger partial charge is 0.268 e. The quantitative estimate of drug-likeness (QED) is 0.840. The number of amides is 1. The Hall–Kier alpha value is -1.34. The van der Waals surface area contributed by atoms with Crippen LogP contribution < -0.4 is 10.5 Å². The molecule has 0 radical (unpaired) electrons. The summed E-state index contributed by atoms with van der Waals surface area (Å²) in [7, 11) is -3.77. The van der Waals surface area contributed by atoms with Crippen LogP contribution in [0.5, 0.6) is 0 Å². The molecule has 0 aromatic carbocycles. The van der Waals surface area contributed by atoms with E-state index in [0.29, 0.717) is 5.69 Å². The molecule has 0 spiro atoms. The summed E-state index contributed by atoms with van der Waals surface area (Å²) in [5, 5.41) is 7.84. The van der Waals surface area contributed by atoms with Crippen LogP contribution in [0.4, 0.5) is 0 Å². The van der Waals surface area contributed by atoms with E-state index in [1.807, 2.05) is 13.8 Å². The Morgan fingerprint density at radius 1 is 1.50 bits per heavy atom. The molecule has 0 aliphatic heterocycles. The fraction of sp³-hybridized carbons (Fsp3) is 0.545. The molecule has 7 heteroatoms. The standard InChI is InChI=1S/C11H17N3O3S/c1-7(2)13-11(15)10-5-9(18(12,16)17)6-14(10)8-3-4-8/h5-8H,3-4H2,1-2H3,(H,13,15)(H2,12,16,17). The number of nitrogens with two attached hydrogens (primary N) is 1. The lowest BCUT2D eigenvalue weighted by atomic mass is 10.3. The van der Waals surface area contributed by atoms with Gasteiger partial charge >= 0.3 is 0 Å². The molecular weight excluding hydrogens is 254 g/mol. The summed E-state index contributed by atoms with van der Waals surface area (Å²) in [5.74, 6) is -0.271. The lowest BCUT2D eigenvalue weighted by Crippen LogP contribution is -2.31. The predicted octanol–water partition coefficient (Wildman–Crippen LogP) is 0.609. The number of carbonyl (C=O) groups is 1. The van der Waals surface area contributed by atoms with Gasteiger partial charge in [0.25, 0.3) is 5.91 Å². The van der Waals surface area contributed by atoms with E-state index in [1.54, 1.807) is 4.57 Å². The normalized spacial score (nSPS) is 16.0. The fourth-order valence-electron chi connectivity index (χ4n) is 1.78. The van der Waals surface area contributed by atoms with E-state index >= 15 is 0 Å². The van der Waals surface area contributed by atoms with E-state index in [-0.39, 0.29) is 22.9 Å². The number of hydrogen-bond acceptors (Lipinski definition) is 3. The summed E-state index contributed by atoms with van der Waals surface area (Å²) < 4.78 is 24.3. The number of rotatable bonds is 4. The zero-order valence-corrected chi connectivity index (χ0v) is 11.2. The number of hydrogen-bond donors (Lipinski definition) is 2. The van der Waals surface area contributed by atoms with Gasteiger partial charge in [-0.15, -0.1) is 0 Å². The minimum absolute atomic E-state index is 0.00186. The monoisotopic (exact) mass is 271 g/mol. The molecule has 1 saturated carbocycles. The number of primary sulfonamides is 1. The number of nitrogens with zero attached hydrogens (tertiary/aromatic N) is 1. The molecule has 0 unspecified atom stereocenters. The van der Waals surface area contributed by atoms with E-state index in [4.69, 9.17) is 5.14 Å². The lowest BCUT2D eigenvalue weighted by molar-refractivity contribution is 0.0933. The Kier molecular flexibility index (Phi) is 3.20. The van der Waals surface area contributed by atoms with Gasteiger partial charge in [-0.3, -0.25) is 4.79 Å². The molecular formula is C11H17N3O3S. The van der Waals surface area contributed by atoms with Crippen molar-refractivity contribution in [2.24, 2.45) is 5.14 Å². The average molecular weight is 271 g/mol. The first kappa shape index (κ1) is 13.1. The van der Waals surface area contributed by atoms with E-state index in [2.05, 4.69) is 5.32 Å². The van der Waals surface area contributed by atoms with Gasteiger partial charge in [-0.2, -0.15) is 0 Å². The van der Waals surface area contributed by atoms with Crippen molar-refractivity contribution in [2.75, 3.05) is 0 Å². The minimum atomic E-state index is -3.77. The Morgan fingerprint density at radius 2 is 2.11 bits per heavy atom. The van der Waals surface area contributed by atoms with Crippen LogP contribution in [0.25, 0.3) is 0 Å². The topological polar surface area (TPSA) is 94.2 Å². The van der Waals surface area contributed by atoms with Gasteiger partial charge in [0, 0.05) is 18.3 Å². The van der Waals surface area contributed by atoms with E-state index in [9.17, 15) is 13.2 Å². The predicted molar refractivity (Wildman–Crippen MR) is 66.7 cm³/mol. The van der Waals surface area contributed by atoms with Gasteiger partial charge in [-0.25, -0.2) is 13.6 Å². The van der Waals surface area contributed by atoms with E-state index in [1.165, 1.54) is 12.3 Å². The summed E-state index contributed by atoms with van der Waals surface area (Å²) in [6, 6.07) is 1.55. The van der Waals surface area contributed by atoms with Crippen molar-refractivity contribution in [1.29, 1.82) is 0 Å². The van der Waals surface area contributed by atoms with Gasteiger partial charge < -0.3 is 9.88 Å². The van der Waals surface area contributed by atoms with Crippen LogP contribution in [0, 0.1) is 0 Å². The molecule has 2 rings (SSSR count). The van der Waals surface area contributed by atoms with Crippen LogP contribution in [0.3, 0.4) is 0 Å². The second-order valence-electron chi connectivity index (χ2n) is 4.87. The van der Waals surface area contributed by atoms with Crippen LogP contribution in [-0.2, 0) is 10.0 Å². The first-order valence-corrected chi connectivity index (χ1v) is 7.39. The maximum atomic E-state index is 12.0.